The lowest BCUT2D eigenvalue weighted by atomic mass is 10.2. The van der Waals surface area contributed by atoms with Crippen molar-refractivity contribution < 1.29 is 22.9 Å². The molecule has 2 rings (SSSR count). The lowest BCUT2D eigenvalue weighted by Crippen LogP contribution is -2.40. The number of benzene rings is 1. The van der Waals surface area contributed by atoms with Crippen LogP contribution in [0.25, 0.3) is 0 Å². The molecule has 0 saturated carbocycles. The summed E-state index contributed by atoms with van der Waals surface area (Å²) in [7, 11) is -1.50. The van der Waals surface area contributed by atoms with Crippen LogP contribution in [0, 0.1) is 10.1 Å². The van der Waals surface area contributed by atoms with Crippen molar-refractivity contribution in [2.45, 2.75) is 12.5 Å². The van der Waals surface area contributed by atoms with Crippen molar-refractivity contribution in [2.24, 2.45) is 0 Å². The van der Waals surface area contributed by atoms with Crippen molar-refractivity contribution in [1.82, 2.24) is 4.90 Å². The topological polar surface area (TPSA) is 107 Å². The molecule has 1 aliphatic heterocycles. The van der Waals surface area contributed by atoms with Crippen LogP contribution in [0.15, 0.2) is 24.3 Å². The fourth-order valence-electron chi connectivity index (χ4n) is 2.20. The van der Waals surface area contributed by atoms with Crippen LogP contribution < -0.4 is 4.74 Å². The molecule has 1 atom stereocenters. The second-order valence-electron chi connectivity index (χ2n) is 5.10. The molecular formula is C13H16N2O6S. The monoisotopic (exact) mass is 328 g/mol. The van der Waals surface area contributed by atoms with E-state index in [1.165, 1.54) is 29.2 Å². The number of carbonyl (C=O) groups is 1. The van der Waals surface area contributed by atoms with E-state index in [1.807, 2.05) is 0 Å². The quantitative estimate of drug-likeness (QED) is 0.579. The zero-order chi connectivity index (χ0) is 16.3. The third kappa shape index (κ3) is 3.94. The molecule has 0 spiro atoms. The summed E-state index contributed by atoms with van der Waals surface area (Å²) in [5, 5.41) is 10.5. The molecule has 1 saturated heterocycles. The van der Waals surface area contributed by atoms with Crippen LogP contribution in [0.1, 0.15) is 6.42 Å². The number of ether oxygens (including phenoxy) is 1. The third-order valence-electron chi connectivity index (χ3n) is 3.56. The second-order valence-corrected chi connectivity index (χ2v) is 7.33. The van der Waals surface area contributed by atoms with E-state index in [0.29, 0.717) is 12.2 Å². The smallest absolute Gasteiger partial charge is 0.269 e. The van der Waals surface area contributed by atoms with Crippen LogP contribution in [0.4, 0.5) is 5.69 Å². The summed E-state index contributed by atoms with van der Waals surface area (Å²) in [6.07, 6.45) is 0.433. The minimum absolute atomic E-state index is 0.0211. The molecule has 0 bridgehead atoms. The molecule has 120 valence electrons. The lowest BCUT2D eigenvalue weighted by molar-refractivity contribution is -0.384. The van der Waals surface area contributed by atoms with Gasteiger partial charge in [-0.05, 0) is 18.6 Å². The molecule has 1 aliphatic rings. The lowest BCUT2D eigenvalue weighted by Gasteiger charge is -2.23. The molecule has 9 heteroatoms. The first-order valence-corrected chi connectivity index (χ1v) is 8.44. The number of sulfone groups is 1. The van der Waals surface area contributed by atoms with Crippen LogP contribution in [0.3, 0.4) is 0 Å². The fraction of sp³-hybridized carbons (Fsp3) is 0.462. The van der Waals surface area contributed by atoms with E-state index in [9.17, 15) is 23.3 Å². The van der Waals surface area contributed by atoms with Gasteiger partial charge in [-0.2, -0.15) is 0 Å². The summed E-state index contributed by atoms with van der Waals surface area (Å²) < 4.78 is 28.1. The molecule has 1 heterocycles. The first kappa shape index (κ1) is 16.2. The zero-order valence-electron chi connectivity index (χ0n) is 12.0. The Morgan fingerprint density at radius 2 is 2.05 bits per heavy atom. The maximum atomic E-state index is 12.0. The van der Waals surface area contributed by atoms with Gasteiger partial charge in [-0.15, -0.1) is 0 Å². The Hall–Kier alpha value is -2.16. The van der Waals surface area contributed by atoms with Crippen LogP contribution in [0.5, 0.6) is 5.75 Å². The van der Waals surface area contributed by atoms with E-state index >= 15 is 0 Å². The number of nitro benzene ring substituents is 1. The van der Waals surface area contributed by atoms with Gasteiger partial charge < -0.3 is 9.64 Å². The predicted molar refractivity (Wildman–Crippen MR) is 78.4 cm³/mol. The van der Waals surface area contributed by atoms with Crippen molar-refractivity contribution in [1.29, 1.82) is 0 Å². The largest absolute Gasteiger partial charge is 0.484 e. The Morgan fingerprint density at radius 1 is 1.41 bits per heavy atom. The first-order valence-electron chi connectivity index (χ1n) is 6.62. The molecule has 0 aromatic heterocycles. The van der Waals surface area contributed by atoms with Gasteiger partial charge in [0.05, 0.1) is 16.4 Å². The molecule has 22 heavy (non-hydrogen) atoms. The van der Waals surface area contributed by atoms with Crippen LogP contribution in [0.2, 0.25) is 0 Å². The SMILES string of the molecule is CN(C(=O)COc1ccc([N+](=O)[O-])cc1)[C@@H]1CCS(=O)(=O)C1. The van der Waals surface area contributed by atoms with Gasteiger partial charge in [0, 0.05) is 25.2 Å². The Morgan fingerprint density at radius 3 is 2.55 bits per heavy atom. The minimum Gasteiger partial charge on any atom is -0.484 e. The normalized spacial score (nSPS) is 19.6. The molecule has 1 aromatic carbocycles. The fourth-order valence-corrected chi connectivity index (χ4v) is 3.97. The molecule has 0 radical (unpaired) electrons. The Bertz CT molecular complexity index is 670. The van der Waals surface area contributed by atoms with E-state index in [-0.39, 0.29) is 35.7 Å². The molecular weight excluding hydrogens is 312 g/mol. The third-order valence-corrected chi connectivity index (χ3v) is 5.31. The number of nitrogens with zero attached hydrogens (tertiary/aromatic N) is 2. The van der Waals surface area contributed by atoms with E-state index < -0.39 is 14.8 Å². The number of hydrogen-bond acceptors (Lipinski definition) is 6. The van der Waals surface area contributed by atoms with Crippen molar-refractivity contribution in [3.63, 3.8) is 0 Å². The van der Waals surface area contributed by atoms with Crippen molar-refractivity contribution in [3.8, 4) is 5.75 Å². The van der Waals surface area contributed by atoms with Gasteiger partial charge in [0.25, 0.3) is 11.6 Å². The summed E-state index contributed by atoms with van der Waals surface area (Å²) in [6, 6.07) is 5.06. The predicted octanol–water partition coefficient (Wildman–Crippen LogP) is 0.619. The Labute approximate surface area is 127 Å². The molecule has 1 aromatic rings. The summed E-state index contributed by atoms with van der Waals surface area (Å²) in [6.45, 7) is -0.245. The minimum atomic E-state index is -3.05. The van der Waals surface area contributed by atoms with Crippen molar-refractivity contribution >= 4 is 21.4 Å². The van der Waals surface area contributed by atoms with Gasteiger partial charge in [0.2, 0.25) is 0 Å². The summed E-state index contributed by atoms with van der Waals surface area (Å²) in [5.74, 6) is 0.0810. The van der Waals surface area contributed by atoms with Crippen LogP contribution >= 0.6 is 0 Å². The number of nitro groups is 1. The number of rotatable bonds is 5. The van der Waals surface area contributed by atoms with E-state index in [1.54, 1.807) is 7.05 Å². The maximum absolute atomic E-state index is 12.0. The number of non-ortho nitro benzene ring substituents is 1. The highest BCUT2D eigenvalue weighted by atomic mass is 32.2. The highest BCUT2D eigenvalue weighted by molar-refractivity contribution is 7.91. The van der Waals surface area contributed by atoms with Gasteiger partial charge in [-0.25, -0.2) is 8.42 Å². The molecule has 0 aliphatic carbocycles. The molecule has 8 nitrogen and oxygen atoms in total. The second kappa shape index (κ2) is 6.30. The number of carbonyl (C=O) groups excluding carboxylic acids is 1. The van der Waals surface area contributed by atoms with E-state index in [0.717, 1.165) is 0 Å². The highest BCUT2D eigenvalue weighted by Crippen LogP contribution is 2.19. The van der Waals surface area contributed by atoms with Crippen LogP contribution in [-0.4, -0.2) is 55.4 Å². The summed E-state index contributed by atoms with van der Waals surface area (Å²) >= 11 is 0. The zero-order valence-corrected chi connectivity index (χ0v) is 12.8. The van der Waals surface area contributed by atoms with Crippen molar-refractivity contribution in [3.05, 3.63) is 34.4 Å². The first-order chi connectivity index (χ1) is 10.3. The Kier molecular flexibility index (Phi) is 4.65. The Balaban J connectivity index is 1.88. The van der Waals surface area contributed by atoms with Gasteiger partial charge in [-0.3, -0.25) is 14.9 Å². The molecule has 0 N–H and O–H groups in total. The molecule has 0 unspecified atom stereocenters. The van der Waals surface area contributed by atoms with Gasteiger partial charge >= 0.3 is 0 Å². The number of amides is 1. The van der Waals surface area contributed by atoms with E-state index in [4.69, 9.17) is 4.74 Å². The number of likely N-dealkylation sites (N-methyl/N-ethyl adjacent to an activating group) is 1. The average Bonchev–Trinajstić information content (AvgIpc) is 2.84. The van der Waals surface area contributed by atoms with Gasteiger partial charge in [0.15, 0.2) is 16.4 Å². The van der Waals surface area contributed by atoms with Gasteiger partial charge in [-0.1, -0.05) is 0 Å². The van der Waals surface area contributed by atoms with Crippen LogP contribution in [-0.2, 0) is 14.6 Å². The standard InChI is InChI=1S/C13H16N2O6S/c1-14(11-6-7-22(19,20)9-11)13(16)8-21-12-4-2-10(3-5-12)15(17)18/h2-5,11H,6-9H2,1H3/t11-/m1/s1. The molecule has 1 amide bonds. The summed E-state index contributed by atoms with van der Waals surface area (Å²) in [4.78, 5) is 23.4. The highest BCUT2D eigenvalue weighted by Gasteiger charge is 2.32. The van der Waals surface area contributed by atoms with Crippen molar-refractivity contribution in [2.75, 3.05) is 25.2 Å². The maximum Gasteiger partial charge on any atom is 0.269 e. The van der Waals surface area contributed by atoms with E-state index in [2.05, 4.69) is 0 Å². The number of hydrogen-bond donors (Lipinski definition) is 0. The molecule has 1 fully saturated rings. The summed E-state index contributed by atoms with van der Waals surface area (Å²) in [5.41, 5.74) is -0.0630. The van der Waals surface area contributed by atoms with Gasteiger partial charge in [0.1, 0.15) is 5.75 Å². The average molecular weight is 328 g/mol.